The maximum absolute atomic E-state index is 11.3. The molecule has 2 aromatic rings. The molecule has 0 saturated carbocycles. The van der Waals surface area contributed by atoms with E-state index in [2.05, 4.69) is 4.98 Å². The van der Waals surface area contributed by atoms with Crippen LogP contribution < -0.4 is 0 Å². The van der Waals surface area contributed by atoms with Crippen molar-refractivity contribution in [2.75, 3.05) is 0 Å². The number of aromatic nitrogens is 1. The van der Waals surface area contributed by atoms with E-state index in [1.165, 1.54) is 31.5 Å². The van der Waals surface area contributed by atoms with Gasteiger partial charge in [-0.2, -0.15) is 0 Å². The average Bonchev–Trinajstić information content (AvgIpc) is 2.55. The summed E-state index contributed by atoms with van der Waals surface area (Å²) in [6, 6.07) is 5.40. The number of carbonyl (C=O) groups is 4. The summed E-state index contributed by atoms with van der Waals surface area (Å²) in [5, 5.41) is 26.7. The first kappa shape index (κ1) is 23.0. The van der Waals surface area contributed by atoms with Gasteiger partial charge in [-0.05, 0) is 38.1 Å². The van der Waals surface area contributed by atoms with Crippen LogP contribution in [0.3, 0.4) is 0 Å². The molecule has 0 atom stereocenters. The molecule has 0 aliphatic carbocycles. The molecule has 9 heteroatoms. The zero-order chi connectivity index (χ0) is 19.1. The van der Waals surface area contributed by atoms with Gasteiger partial charge in [-0.3, -0.25) is 14.6 Å². The van der Waals surface area contributed by atoms with Crippen molar-refractivity contribution in [3.63, 3.8) is 0 Å². The number of Topliss-reactive ketones (excluding diaryl/α,β-unsaturated/α-hetero) is 2. The molecule has 8 nitrogen and oxygen atoms in total. The van der Waals surface area contributed by atoms with E-state index >= 15 is 0 Å². The fraction of sp³-hybridized carbons (Fsp3) is 0.118. The van der Waals surface area contributed by atoms with Crippen LogP contribution in [0.1, 0.15) is 55.3 Å². The third kappa shape index (κ3) is 5.81. The molecule has 0 amide bonds. The Morgan fingerprint density at radius 1 is 0.885 bits per heavy atom. The van der Waals surface area contributed by atoms with Crippen LogP contribution in [-0.4, -0.2) is 61.2 Å². The molecule has 0 saturated heterocycles. The first-order valence-corrected chi connectivity index (χ1v) is 6.91. The highest BCUT2D eigenvalue weighted by Crippen LogP contribution is 2.27. The average molecular weight is 375 g/mol. The molecule has 3 N–H and O–H groups in total. The highest BCUT2D eigenvalue weighted by molar-refractivity contribution is 6.11. The van der Waals surface area contributed by atoms with E-state index in [9.17, 15) is 24.3 Å². The van der Waals surface area contributed by atoms with E-state index in [0.717, 1.165) is 13.0 Å². The lowest BCUT2D eigenvalue weighted by Gasteiger charge is -2.08. The lowest BCUT2D eigenvalue weighted by atomic mass is 9.97. The lowest BCUT2D eigenvalue weighted by Crippen LogP contribution is -2.08. The van der Waals surface area contributed by atoms with Gasteiger partial charge < -0.3 is 15.3 Å². The molecule has 0 radical (unpaired) electrons. The zero-order valence-corrected chi connectivity index (χ0v) is 13.4. The minimum atomic E-state index is -1.35. The second kappa shape index (κ2) is 10.1. The number of carbonyl (C=O) groups excluding carboxylic acids is 2. The van der Waals surface area contributed by atoms with E-state index in [0.29, 0.717) is 0 Å². The van der Waals surface area contributed by atoms with Crippen molar-refractivity contribution in [3.05, 3.63) is 58.9 Å². The van der Waals surface area contributed by atoms with E-state index in [4.69, 9.17) is 10.2 Å². The highest BCUT2D eigenvalue weighted by atomic mass is 27.0. The summed E-state index contributed by atoms with van der Waals surface area (Å²) in [4.78, 5) is 47.0. The van der Waals surface area contributed by atoms with Gasteiger partial charge in [0.05, 0.1) is 11.1 Å². The minimum absolute atomic E-state index is 0. The molecule has 1 aromatic carbocycles. The maximum atomic E-state index is 11.3. The van der Waals surface area contributed by atoms with Crippen molar-refractivity contribution in [2.24, 2.45) is 0 Å². The van der Waals surface area contributed by atoms with Crippen LogP contribution in [0.2, 0.25) is 0 Å². The Morgan fingerprint density at radius 3 is 1.81 bits per heavy atom. The SMILES string of the molecule is CC(=O)c1ccc(C(=O)O)c(O)c1C(C)=O.O=C(O)c1cccnc1.[AlH3]. The number of aromatic hydroxyl groups is 1. The quantitative estimate of drug-likeness (QED) is 0.532. The van der Waals surface area contributed by atoms with Gasteiger partial charge >= 0.3 is 11.9 Å². The molecule has 2 rings (SSSR count). The van der Waals surface area contributed by atoms with Crippen LogP contribution in [-0.2, 0) is 0 Å². The number of hydrogen-bond donors (Lipinski definition) is 3. The number of hydrogen-bond acceptors (Lipinski definition) is 6. The number of carboxylic acids is 2. The van der Waals surface area contributed by atoms with Crippen molar-refractivity contribution >= 4 is 40.9 Å². The van der Waals surface area contributed by atoms with E-state index in [-0.39, 0.29) is 34.1 Å². The van der Waals surface area contributed by atoms with Crippen LogP contribution in [0.25, 0.3) is 0 Å². The van der Waals surface area contributed by atoms with Gasteiger partial charge in [-0.15, -0.1) is 0 Å². The molecule has 0 bridgehead atoms. The van der Waals surface area contributed by atoms with Crippen molar-refractivity contribution in [1.82, 2.24) is 4.98 Å². The molecule has 26 heavy (non-hydrogen) atoms. The summed E-state index contributed by atoms with van der Waals surface area (Å²) in [5.41, 5.74) is -0.393. The standard InChI is InChI=1S/C11H10O5.C6H5NO2.Al.3H/c1-5(12)7-3-4-8(11(15)16)10(14)9(7)6(2)13;8-6(9)5-2-1-3-7-4-5;;;;/h3-4,14H,1-2H3,(H,15,16);1-4H,(H,8,9);;;;. The number of benzene rings is 1. The summed E-state index contributed by atoms with van der Waals surface area (Å²) in [6.07, 6.45) is 2.84. The summed E-state index contributed by atoms with van der Waals surface area (Å²) < 4.78 is 0. The first-order valence-electron chi connectivity index (χ1n) is 6.91. The maximum Gasteiger partial charge on any atom is 0.339 e. The number of pyridine rings is 1. The van der Waals surface area contributed by atoms with Gasteiger partial charge in [0.2, 0.25) is 0 Å². The Bertz CT molecular complexity index is 835. The van der Waals surface area contributed by atoms with Crippen molar-refractivity contribution in [2.45, 2.75) is 13.8 Å². The van der Waals surface area contributed by atoms with Crippen LogP contribution in [0, 0.1) is 0 Å². The minimum Gasteiger partial charge on any atom is -0.506 e. The normalized spacial score (nSPS) is 9.15. The van der Waals surface area contributed by atoms with Crippen molar-refractivity contribution in [3.8, 4) is 5.75 Å². The summed E-state index contributed by atoms with van der Waals surface area (Å²) in [7, 11) is 0. The molecular formula is C17H18AlNO7. The smallest absolute Gasteiger partial charge is 0.339 e. The first-order chi connectivity index (χ1) is 11.7. The molecule has 0 unspecified atom stereocenters. The Labute approximate surface area is 159 Å². The Hall–Kier alpha value is -3.02. The van der Waals surface area contributed by atoms with E-state index in [1.54, 1.807) is 6.07 Å². The molecule has 0 aliphatic rings. The molecule has 0 fully saturated rings. The second-order valence-corrected chi connectivity index (χ2v) is 4.85. The van der Waals surface area contributed by atoms with Crippen LogP contribution in [0.4, 0.5) is 0 Å². The molecule has 1 aromatic heterocycles. The molecule has 1 heterocycles. The Balaban J connectivity index is 0.000000532. The van der Waals surface area contributed by atoms with E-state index < -0.39 is 34.8 Å². The monoisotopic (exact) mass is 375 g/mol. The Morgan fingerprint density at radius 2 is 1.46 bits per heavy atom. The summed E-state index contributed by atoms with van der Waals surface area (Å²) in [6.45, 7) is 2.40. The number of aromatic carboxylic acids is 2. The third-order valence-electron chi connectivity index (χ3n) is 3.05. The number of rotatable bonds is 4. The van der Waals surface area contributed by atoms with Crippen molar-refractivity contribution in [1.29, 1.82) is 0 Å². The Kier molecular flexibility index (Phi) is 8.91. The second-order valence-electron chi connectivity index (χ2n) is 4.85. The van der Waals surface area contributed by atoms with Crippen molar-refractivity contribution < 1.29 is 34.5 Å². The van der Waals surface area contributed by atoms with Gasteiger partial charge in [-0.25, -0.2) is 9.59 Å². The molecule has 136 valence electrons. The highest BCUT2D eigenvalue weighted by Gasteiger charge is 2.21. The largest absolute Gasteiger partial charge is 0.506 e. The molecular weight excluding hydrogens is 357 g/mol. The summed E-state index contributed by atoms with van der Waals surface area (Å²) in [5.74, 6) is -3.91. The van der Waals surface area contributed by atoms with Gasteiger partial charge in [0.1, 0.15) is 11.3 Å². The number of carboxylic acid groups (broad SMARTS) is 2. The number of nitrogens with zero attached hydrogens (tertiary/aromatic N) is 1. The molecule has 0 spiro atoms. The van der Waals surface area contributed by atoms with Gasteiger partial charge in [-0.1, -0.05) is 0 Å². The number of ketones is 2. The van der Waals surface area contributed by atoms with Crippen LogP contribution in [0.15, 0.2) is 36.7 Å². The molecule has 0 aliphatic heterocycles. The topological polar surface area (TPSA) is 142 Å². The summed E-state index contributed by atoms with van der Waals surface area (Å²) >= 11 is 0. The predicted molar refractivity (Wildman–Crippen MR) is 96.2 cm³/mol. The third-order valence-corrected chi connectivity index (χ3v) is 3.05. The lowest BCUT2D eigenvalue weighted by molar-refractivity contribution is 0.0683. The van der Waals surface area contributed by atoms with E-state index in [1.807, 2.05) is 0 Å². The van der Waals surface area contributed by atoms with Crippen LogP contribution >= 0.6 is 0 Å². The van der Waals surface area contributed by atoms with Gasteiger partial charge in [0.15, 0.2) is 28.9 Å². The number of phenols is 1. The fourth-order valence-electron chi connectivity index (χ4n) is 1.90. The predicted octanol–water partition coefficient (Wildman–Crippen LogP) is 1.09. The van der Waals surface area contributed by atoms with Gasteiger partial charge in [0.25, 0.3) is 0 Å². The van der Waals surface area contributed by atoms with Gasteiger partial charge in [0, 0.05) is 18.0 Å². The van der Waals surface area contributed by atoms with Crippen LogP contribution in [0.5, 0.6) is 5.75 Å². The zero-order valence-electron chi connectivity index (χ0n) is 13.4. The fourth-order valence-corrected chi connectivity index (χ4v) is 1.90.